The van der Waals surface area contributed by atoms with E-state index in [4.69, 9.17) is 9.84 Å². The summed E-state index contributed by atoms with van der Waals surface area (Å²) >= 11 is 0. The normalized spacial score (nSPS) is 11.2. The fourth-order valence-corrected chi connectivity index (χ4v) is 4.62. The van der Waals surface area contributed by atoms with E-state index in [-0.39, 0.29) is 47.4 Å². The van der Waals surface area contributed by atoms with E-state index >= 15 is 0 Å². The van der Waals surface area contributed by atoms with Gasteiger partial charge in [0.2, 0.25) is 5.88 Å². The zero-order chi connectivity index (χ0) is 30.7. The van der Waals surface area contributed by atoms with E-state index < -0.39 is 17.1 Å². The van der Waals surface area contributed by atoms with Crippen LogP contribution in [0.3, 0.4) is 0 Å². The predicted octanol–water partition coefficient (Wildman–Crippen LogP) is 2.53. The third-order valence-electron chi connectivity index (χ3n) is 6.58. The number of anilines is 1. The summed E-state index contributed by atoms with van der Waals surface area (Å²) in [5, 5.41) is 18.3. The lowest BCUT2D eigenvalue weighted by atomic mass is 10.2. The number of hydrogen-bond acceptors (Lipinski definition) is 8. The van der Waals surface area contributed by atoms with E-state index in [0.29, 0.717) is 23.6 Å². The van der Waals surface area contributed by atoms with E-state index in [2.05, 4.69) is 20.8 Å². The van der Waals surface area contributed by atoms with Gasteiger partial charge in [-0.2, -0.15) is 0 Å². The number of nitrogens with one attached hydrogen (secondary N) is 2. The fourth-order valence-electron chi connectivity index (χ4n) is 4.62. The van der Waals surface area contributed by atoms with Crippen molar-refractivity contribution in [2.75, 3.05) is 33.1 Å². The molecule has 0 aliphatic rings. The van der Waals surface area contributed by atoms with Crippen molar-refractivity contribution in [1.29, 1.82) is 0 Å². The zero-order valence-electron chi connectivity index (χ0n) is 24.0. The van der Waals surface area contributed by atoms with Crippen LogP contribution in [0.4, 0.5) is 14.9 Å². The van der Waals surface area contributed by atoms with Crippen molar-refractivity contribution in [3.63, 3.8) is 0 Å². The Morgan fingerprint density at radius 1 is 1.02 bits per heavy atom. The molecule has 5 aromatic rings. The first kappa shape index (κ1) is 29.1. The molecule has 222 valence electrons. The maximum absolute atomic E-state index is 14.8. The van der Waals surface area contributed by atoms with E-state index in [9.17, 15) is 18.8 Å². The molecule has 2 amide bonds. The quantitative estimate of drug-likeness (QED) is 0.268. The van der Waals surface area contributed by atoms with E-state index in [1.165, 1.54) is 29.9 Å². The number of amides is 2. The molecule has 0 unspecified atom stereocenters. The number of urea groups is 1. The molecule has 0 aliphatic carbocycles. The van der Waals surface area contributed by atoms with Gasteiger partial charge in [-0.15, -0.1) is 15.3 Å². The lowest BCUT2D eigenvalue weighted by Gasteiger charge is -2.14. The Balaban J connectivity index is 1.77. The molecule has 3 aromatic heterocycles. The van der Waals surface area contributed by atoms with Crippen LogP contribution in [0.1, 0.15) is 18.2 Å². The number of hydrogen-bond donors (Lipinski definition) is 2. The Hall–Kier alpha value is -5.37. The molecule has 0 spiro atoms. The second kappa shape index (κ2) is 12.2. The molecule has 0 fully saturated rings. The summed E-state index contributed by atoms with van der Waals surface area (Å²) in [6.07, 6.45) is 0. The van der Waals surface area contributed by atoms with Crippen LogP contribution in [0.5, 0.6) is 5.88 Å². The number of carbonyl (C=O) groups excluding carboxylic acids is 1. The van der Waals surface area contributed by atoms with E-state index in [1.807, 2.05) is 25.9 Å². The molecule has 0 bridgehead atoms. The fraction of sp³-hybridized carbons (Fsp3) is 0.241. The molecule has 5 rings (SSSR count). The first-order valence-corrected chi connectivity index (χ1v) is 13.4. The summed E-state index contributed by atoms with van der Waals surface area (Å²) < 4.78 is 23.6. The largest absolute Gasteiger partial charge is 0.480 e. The molecule has 3 heterocycles. The maximum Gasteiger partial charge on any atom is 0.338 e. The third kappa shape index (κ3) is 5.85. The molecule has 0 atom stereocenters. The van der Waals surface area contributed by atoms with Crippen molar-refractivity contribution in [3.8, 4) is 17.4 Å². The van der Waals surface area contributed by atoms with Gasteiger partial charge >= 0.3 is 11.7 Å². The second-order valence-electron chi connectivity index (χ2n) is 9.86. The molecule has 0 saturated heterocycles. The van der Waals surface area contributed by atoms with Gasteiger partial charge in [-0.25, -0.2) is 23.2 Å². The van der Waals surface area contributed by atoms with Crippen molar-refractivity contribution < 1.29 is 13.9 Å². The smallest absolute Gasteiger partial charge is 0.338 e. The lowest BCUT2D eigenvalue weighted by Crippen LogP contribution is -2.40. The summed E-state index contributed by atoms with van der Waals surface area (Å²) in [7, 11) is 5.10. The van der Waals surface area contributed by atoms with Gasteiger partial charge in [0.25, 0.3) is 5.56 Å². The number of carbonyl (C=O) groups is 1. The molecule has 0 aliphatic heterocycles. The molecule has 43 heavy (non-hydrogen) atoms. The minimum Gasteiger partial charge on any atom is -0.480 e. The van der Waals surface area contributed by atoms with Gasteiger partial charge in [0.15, 0.2) is 11.5 Å². The molecule has 2 aromatic carbocycles. The first-order chi connectivity index (χ1) is 20.7. The summed E-state index contributed by atoms with van der Waals surface area (Å²) in [6, 6.07) is 15.6. The number of methoxy groups -OCH3 is 1. The number of aromatic nitrogens is 6. The monoisotopic (exact) mass is 587 g/mol. The van der Waals surface area contributed by atoms with E-state index in [1.54, 1.807) is 47.1 Å². The van der Waals surface area contributed by atoms with Crippen LogP contribution in [0.15, 0.2) is 70.3 Å². The van der Waals surface area contributed by atoms with Crippen LogP contribution in [-0.4, -0.2) is 67.8 Å². The van der Waals surface area contributed by atoms with Gasteiger partial charge in [0, 0.05) is 30.4 Å². The van der Waals surface area contributed by atoms with Gasteiger partial charge in [0.1, 0.15) is 11.2 Å². The van der Waals surface area contributed by atoms with Crippen LogP contribution < -0.4 is 26.6 Å². The Morgan fingerprint density at radius 2 is 1.77 bits per heavy atom. The average Bonchev–Trinajstić information content (AvgIpc) is 3.35. The number of rotatable bonds is 9. The predicted molar refractivity (Wildman–Crippen MR) is 159 cm³/mol. The molecule has 14 heteroatoms. The van der Waals surface area contributed by atoms with Crippen LogP contribution in [-0.2, 0) is 13.1 Å². The lowest BCUT2D eigenvalue weighted by molar-refractivity contribution is 0.252. The van der Waals surface area contributed by atoms with E-state index in [0.717, 1.165) is 4.57 Å². The second-order valence-corrected chi connectivity index (χ2v) is 9.86. The first-order valence-electron chi connectivity index (χ1n) is 13.4. The standard InChI is InChI=1S/C29H30FN9O4/c1-5-31-28(41)32-19-10-12-20(13-11-19)39-22(17-36(2)3)25-26(35-39)37(16-18-8-6-7-9-21(18)30)29(42)38(27(25)40)23-14-15-24(43-4)34-33-23/h6-15H,5,16-17H2,1-4H3,(H2,31,32,41). The highest BCUT2D eigenvalue weighted by atomic mass is 19.1. The van der Waals surface area contributed by atoms with Crippen molar-refractivity contribution in [2.24, 2.45) is 0 Å². The molecular weight excluding hydrogens is 557 g/mol. The SMILES string of the molecule is CCNC(=O)Nc1ccc(-n2nc3c(c2CN(C)C)c(=O)n(-c2ccc(OC)nn2)c(=O)n3Cc2ccccc2F)cc1. The highest BCUT2D eigenvalue weighted by Crippen LogP contribution is 2.23. The highest BCUT2D eigenvalue weighted by Gasteiger charge is 2.25. The molecule has 0 saturated carbocycles. The topological polar surface area (TPSA) is 141 Å². The van der Waals surface area contributed by atoms with Gasteiger partial charge in [-0.1, -0.05) is 18.2 Å². The minimum atomic E-state index is -0.761. The molecular formula is C29H30FN9O4. The van der Waals surface area contributed by atoms with Gasteiger partial charge in [-0.05, 0) is 57.4 Å². The average molecular weight is 588 g/mol. The van der Waals surface area contributed by atoms with Crippen LogP contribution in [0.25, 0.3) is 22.5 Å². The Morgan fingerprint density at radius 3 is 2.40 bits per heavy atom. The number of ether oxygens (including phenoxy) is 1. The number of benzene rings is 2. The van der Waals surface area contributed by atoms with Crippen molar-refractivity contribution in [3.05, 3.63) is 98.6 Å². The minimum absolute atomic E-state index is 0.0238. The van der Waals surface area contributed by atoms with Crippen LogP contribution in [0, 0.1) is 5.82 Å². The van der Waals surface area contributed by atoms with Crippen molar-refractivity contribution >= 4 is 22.8 Å². The summed E-state index contributed by atoms with van der Waals surface area (Å²) in [4.78, 5) is 41.9. The van der Waals surface area contributed by atoms with Crippen molar-refractivity contribution in [2.45, 2.75) is 20.0 Å². The summed E-state index contributed by atoms with van der Waals surface area (Å²) in [5.41, 5.74) is 0.530. The maximum atomic E-state index is 14.8. The Kier molecular flexibility index (Phi) is 8.29. The Bertz CT molecular complexity index is 1900. The van der Waals surface area contributed by atoms with Gasteiger partial charge in [0.05, 0.1) is 25.0 Å². The molecule has 2 N–H and O–H groups in total. The number of nitrogens with zero attached hydrogens (tertiary/aromatic N) is 7. The van der Waals surface area contributed by atoms with Crippen molar-refractivity contribution in [1.82, 2.24) is 39.3 Å². The summed E-state index contributed by atoms with van der Waals surface area (Å²) in [6.45, 7) is 2.38. The number of fused-ring (bicyclic) bond motifs is 1. The third-order valence-corrected chi connectivity index (χ3v) is 6.58. The van der Waals surface area contributed by atoms with Gasteiger partial charge in [-0.3, -0.25) is 9.36 Å². The number of halogens is 1. The molecule has 0 radical (unpaired) electrons. The van der Waals surface area contributed by atoms with Crippen LogP contribution >= 0.6 is 0 Å². The molecule has 13 nitrogen and oxygen atoms in total. The Labute approximate surface area is 245 Å². The van der Waals surface area contributed by atoms with Crippen LogP contribution in [0.2, 0.25) is 0 Å². The zero-order valence-corrected chi connectivity index (χ0v) is 24.0. The summed E-state index contributed by atoms with van der Waals surface area (Å²) in [5.74, 6) is -0.326. The highest BCUT2D eigenvalue weighted by molar-refractivity contribution is 5.89. The van der Waals surface area contributed by atoms with Gasteiger partial charge < -0.3 is 20.3 Å².